The Labute approximate surface area is 372 Å². The molecule has 0 saturated heterocycles. The molecular weight excluding hydrogens is 759 g/mol. The monoisotopic (exact) mass is 826 g/mol. The fourth-order valence-corrected chi connectivity index (χ4v) is 8.91. The zero-order chi connectivity index (χ0) is 44.2. The molecule has 62 heavy (non-hydrogen) atoms. The minimum Gasteiger partial charge on any atom is -0.372 e. The quantitative estimate of drug-likeness (QED) is 0.0777. The molecule has 0 aliphatic rings. The van der Waals surface area contributed by atoms with Crippen LogP contribution in [0.2, 0.25) is 0 Å². The number of hydrogen-bond donors (Lipinski definition) is 1. The van der Waals surface area contributed by atoms with E-state index in [9.17, 15) is 4.79 Å². The molecule has 0 unspecified atom stereocenters. The van der Waals surface area contributed by atoms with Crippen LogP contribution in [0.1, 0.15) is 100.0 Å². The van der Waals surface area contributed by atoms with Gasteiger partial charge in [-0.05, 0) is 178 Å². The molecule has 0 bridgehead atoms. The van der Waals surface area contributed by atoms with Crippen molar-refractivity contribution in [2.75, 3.05) is 72.0 Å². The fourth-order valence-electron chi connectivity index (χ4n) is 8.91. The lowest BCUT2D eigenvalue weighted by Crippen LogP contribution is -2.21. The molecule has 6 heteroatoms. The van der Waals surface area contributed by atoms with E-state index in [0.717, 1.165) is 108 Å². The lowest BCUT2D eigenvalue weighted by atomic mass is 9.84. The van der Waals surface area contributed by atoms with Gasteiger partial charge >= 0.3 is 0 Å². The van der Waals surface area contributed by atoms with Crippen LogP contribution in [0.25, 0.3) is 27.5 Å². The maximum atomic E-state index is 13.1. The predicted molar refractivity (Wildman–Crippen MR) is 270 cm³/mol. The number of primary amides is 1. The van der Waals surface area contributed by atoms with E-state index in [2.05, 4.69) is 196 Å². The number of amides is 1. The highest BCUT2D eigenvalue weighted by Gasteiger charge is 2.20. The molecule has 0 radical (unpaired) electrons. The number of nitrogens with zero attached hydrogens (tertiary/aromatic N) is 4. The Morgan fingerprint density at radius 1 is 0.452 bits per heavy atom. The van der Waals surface area contributed by atoms with Crippen LogP contribution in [0.15, 0.2) is 140 Å². The highest BCUT2D eigenvalue weighted by atomic mass is 16.1. The molecular formula is C56H67N5O. The van der Waals surface area contributed by atoms with Crippen LogP contribution in [0, 0.1) is 0 Å². The average molecular weight is 826 g/mol. The first-order valence-electron chi connectivity index (χ1n) is 22.9. The van der Waals surface area contributed by atoms with Crippen molar-refractivity contribution >= 4 is 56.1 Å². The minimum absolute atomic E-state index is 0.442. The number of hydrogen-bond acceptors (Lipinski definition) is 5. The first kappa shape index (κ1) is 45.3. The van der Waals surface area contributed by atoms with Gasteiger partial charge in [0.25, 0.3) is 0 Å². The van der Waals surface area contributed by atoms with E-state index in [4.69, 9.17) is 5.73 Å². The average Bonchev–Trinajstić information content (AvgIpc) is 3.31. The lowest BCUT2D eigenvalue weighted by molar-refractivity contribution is 0.100. The molecule has 0 atom stereocenters. The molecule has 1 amide bonds. The predicted octanol–water partition coefficient (Wildman–Crippen LogP) is 12.8. The highest BCUT2D eigenvalue weighted by molar-refractivity contribution is 6.09. The molecule has 6 rings (SSSR count). The molecule has 0 saturated carbocycles. The van der Waals surface area contributed by atoms with Crippen molar-refractivity contribution in [3.05, 3.63) is 173 Å². The van der Waals surface area contributed by atoms with Crippen LogP contribution in [0.3, 0.4) is 0 Å². The lowest BCUT2D eigenvalue weighted by Gasteiger charge is -2.24. The summed E-state index contributed by atoms with van der Waals surface area (Å²) in [6.45, 7) is 25.2. The van der Waals surface area contributed by atoms with Crippen LogP contribution >= 0.6 is 0 Å². The minimum atomic E-state index is -0.442. The summed E-state index contributed by atoms with van der Waals surface area (Å²) < 4.78 is 0. The molecule has 0 heterocycles. The van der Waals surface area contributed by atoms with Crippen LogP contribution < -0.4 is 25.3 Å². The van der Waals surface area contributed by atoms with Gasteiger partial charge in [-0.1, -0.05) is 78.9 Å². The number of carbonyl (C=O) groups is 1. The van der Waals surface area contributed by atoms with E-state index in [1.54, 1.807) is 0 Å². The van der Waals surface area contributed by atoms with E-state index in [1.807, 2.05) is 18.2 Å². The molecule has 6 nitrogen and oxygen atoms in total. The van der Waals surface area contributed by atoms with E-state index in [0.29, 0.717) is 12.0 Å². The van der Waals surface area contributed by atoms with E-state index in [-0.39, 0.29) is 0 Å². The van der Waals surface area contributed by atoms with Gasteiger partial charge in [-0.15, -0.1) is 0 Å². The van der Waals surface area contributed by atoms with Gasteiger partial charge < -0.3 is 25.3 Å². The second-order valence-corrected chi connectivity index (χ2v) is 15.7. The van der Waals surface area contributed by atoms with Gasteiger partial charge in [-0.25, -0.2) is 0 Å². The standard InChI is InChI=1S/C56H67N5O/c1-9-58(10-2)47-29-21-41(22-30-47)51(42-23-31-48(32-24-42)59(11-3)12-4)37-38-53(54-40-46(56(57)62)39-45-19-17-18-20-52(45)54)55(43-25-33-49(34-26-43)60(13-5)14-6)44-27-35-50(36-28-44)61(15-7)16-8/h17-37,39-40H,9-16,38H2,1-8H3,(H2,57,62). The van der Waals surface area contributed by atoms with Crippen molar-refractivity contribution in [3.63, 3.8) is 0 Å². The number of rotatable bonds is 20. The Balaban J connectivity index is 1.68. The van der Waals surface area contributed by atoms with Crippen molar-refractivity contribution in [3.8, 4) is 0 Å². The van der Waals surface area contributed by atoms with Gasteiger partial charge in [0.15, 0.2) is 0 Å². The fraction of sp³-hybridized carbons (Fsp3) is 0.304. The maximum Gasteiger partial charge on any atom is 0.248 e. The van der Waals surface area contributed by atoms with Crippen molar-refractivity contribution < 1.29 is 4.79 Å². The first-order valence-corrected chi connectivity index (χ1v) is 22.9. The Bertz CT molecular complexity index is 2320. The Morgan fingerprint density at radius 2 is 0.806 bits per heavy atom. The van der Waals surface area contributed by atoms with E-state index >= 15 is 0 Å². The summed E-state index contributed by atoms with van der Waals surface area (Å²) in [5.41, 5.74) is 20.4. The van der Waals surface area contributed by atoms with Gasteiger partial charge in [0, 0.05) is 80.7 Å². The third-order valence-electron chi connectivity index (χ3n) is 12.5. The molecule has 0 aliphatic heterocycles. The van der Waals surface area contributed by atoms with Crippen LogP contribution in [0.5, 0.6) is 0 Å². The smallest absolute Gasteiger partial charge is 0.248 e. The number of nitrogens with two attached hydrogens (primary N) is 1. The molecule has 6 aromatic rings. The Hall–Kier alpha value is -6.27. The SMILES string of the molecule is CCN(CC)c1ccc(C(=CCC(=C(c2ccc(N(CC)CC)cc2)c2ccc(N(CC)CC)cc2)c2cc(C(N)=O)cc3ccccc23)c2ccc(N(CC)CC)cc2)cc1. The van der Waals surface area contributed by atoms with Gasteiger partial charge in [0.2, 0.25) is 5.91 Å². The Kier molecular flexibility index (Phi) is 15.7. The van der Waals surface area contributed by atoms with Crippen LogP contribution in [-0.2, 0) is 0 Å². The number of allylic oxidation sites excluding steroid dienone is 2. The van der Waals surface area contributed by atoms with Gasteiger partial charge in [-0.3, -0.25) is 4.79 Å². The van der Waals surface area contributed by atoms with Crippen molar-refractivity contribution in [2.45, 2.75) is 61.8 Å². The molecule has 0 spiro atoms. The molecule has 6 aromatic carbocycles. The second kappa shape index (κ2) is 21.5. The zero-order valence-corrected chi connectivity index (χ0v) is 38.4. The number of carbonyl (C=O) groups excluding carboxylic acids is 1. The summed E-state index contributed by atoms with van der Waals surface area (Å²) in [6.07, 6.45) is 2.98. The topological polar surface area (TPSA) is 56.1 Å². The molecule has 0 fully saturated rings. The van der Waals surface area contributed by atoms with Gasteiger partial charge in [0.1, 0.15) is 0 Å². The summed E-state index contributed by atoms with van der Waals surface area (Å²) in [5, 5.41) is 2.05. The summed E-state index contributed by atoms with van der Waals surface area (Å²) in [7, 11) is 0. The number of benzene rings is 6. The van der Waals surface area contributed by atoms with Gasteiger partial charge in [-0.2, -0.15) is 0 Å². The summed E-state index contributed by atoms with van der Waals surface area (Å²) >= 11 is 0. The van der Waals surface area contributed by atoms with Crippen molar-refractivity contribution in [1.29, 1.82) is 0 Å². The number of anilines is 4. The van der Waals surface area contributed by atoms with Crippen LogP contribution in [-0.4, -0.2) is 58.3 Å². The maximum absolute atomic E-state index is 13.1. The van der Waals surface area contributed by atoms with Crippen molar-refractivity contribution in [2.24, 2.45) is 5.73 Å². The van der Waals surface area contributed by atoms with Gasteiger partial charge in [0.05, 0.1) is 0 Å². The summed E-state index contributed by atoms with van der Waals surface area (Å²) in [4.78, 5) is 22.6. The van der Waals surface area contributed by atoms with E-state index in [1.165, 1.54) is 22.7 Å². The third-order valence-corrected chi connectivity index (χ3v) is 12.5. The van der Waals surface area contributed by atoms with Crippen molar-refractivity contribution in [1.82, 2.24) is 0 Å². The molecule has 322 valence electrons. The highest BCUT2D eigenvalue weighted by Crippen LogP contribution is 2.41. The summed E-state index contributed by atoms with van der Waals surface area (Å²) in [6, 6.07) is 48.4. The molecule has 0 aliphatic carbocycles. The summed E-state index contributed by atoms with van der Waals surface area (Å²) in [5.74, 6) is -0.442. The molecule has 2 N–H and O–H groups in total. The number of fused-ring (bicyclic) bond motifs is 1. The zero-order valence-electron chi connectivity index (χ0n) is 38.4. The van der Waals surface area contributed by atoms with E-state index < -0.39 is 5.91 Å². The largest absolute Gasteiger partial charge is 0.372 e. The molecule has 0 aromatic heterocycles. The second-order valence-electron chi connectivity index (χ2n) is 15.7. The Morgan fingerprint density at radius 3 is 1.16 bits per heavy atom. The normalized spacial score (nSPS) is 11.0. The van der Waals surface area contributed by atoms with Crippen LogP contribution in [0.4, 0.5) is 22.7 Å². The third kappa shape index (κ3) is 10.1. The first-order chi connectivity index (χ1) is 30.2.